The van der Waals surface area contributed by atoms with E-state index in [4.69, 9.17) is 4.42 Å². The summed E-state index contributed by atoms with van der Waals surface area (Å²) in [7, 11) is 0. The molecule has 0 saturated carbocycles. The van der Waals surface area contributed by atoms with Crippen molar-refractivity contribution in [2.24, 2.45) is 0 Å². The number of rotatable bonds is 1. The van der Waals surface area contributed by atoms with E-state index < -0.39 is 2.14 Å². The fourth-order valence-electron chi connectivity index (χ4n) is 1.44. The highest BCUT2D eigenvalue weighted by atomic mass is 80.0. The minimum absolute atomic E-state index is 0.0198. The van der Waals surface area contributed by atoms with E-state index in [0.717, 1.165) is 0 Å². The zero-order valence-corrected chi connectivity index (χ0v) is 12.8. The van der Waals surface area contributed by atoms with Gasteiger partial charge in [-0.2, -0.15) is 0 Å². The third-order valence-electron chi connectivity index (χ3n) is 2.06. The highest BCUT2D eigenvalue weighted by Crippen LogP contribution is 2.36. The van der Waals surface area contributed by atoms with Crippen molar-refractivity contribution in [1.82, 2.24) is 0 Å². The fraction of sp³-hybridized carbons (Fsp3) is 0.182. The number of halogens is 3. The maximum Gasteiger partial charge on any atom is 0.192 e. The summed E-state index contributed by atoms with van der Waals surface area (Å²) < 4.78 is 5.19. The van der Waals surface area contributed by atoms with Crippen molar-refractivity contribution < 1.29 is 4.42 Å². The summed E-state index contributed by atoms with van der Waals surface area (Å²) >= 11 is 10.1. The second kappa shape index (κ2) is 4.63. The Morgan fingerprint density at radius 1 is 1.19 bits per heavy atom. The van der Waals surface area contributed by atoms with Gasteiger partial charge in [-0.15, -0.1) is 0 Å². The molecular formula is C11H7Br3O2. The van der Waals surface area contributed by atoms with Crippen LogP contribution in [-0.2, 0) is 6.42 Å². The van der Waals surface area contributed by atoms with Gasteiger partial charge in [-0.3, -0.25) is 4.79 Å². The van der Waals surface area contributed by atoms with Crippen molar-refractivity contribution in [2.45, 2.75) is 8.56 Å². The average Bonchev–Trinajstić information content (AvgIpc) is 2.15. The van der Waals surface area contributed by atoms with Crippen molar-refractivity contribution in [3.63, 3.8) is 0 Å². The Labute approximate surface area is 117 Å². The molecule has 2 nitrogen and oxygen atoms in total. The van der Waals surface area contributed by atoms with Crippen LogP contribution in [0.2, 0.25) is 0 Å². The van der Waals surface area contributed by atoms with Gasteiger partial charge in [0.2, 0.25) is 0 Å². The van der Waals surface area contributed by atoms with E-state index in [0.29, 0.717) is 23.2 Å². The molecule has 0 aliphatic carbocycles. The van der Waals surface area contributed by atoms with Crippen LogP contribution in [0.4, 0.5) is 0 Å². The van der Waals surface area contributed by atoms with E-state index >= 15 is 0 Å². The van der Waals surface area contributed by atoms with Crippen LogP contribution in [0.25, 0.3) is 11.0 Å². The Hall–Kier alpha value is -0.130. The molecule has 0 aliphatic heterocycles. The molecule has 1 aromatic carbocycles. The Morgan fingerprint density at radius 3 is 2.56 bits per heavy atom. The molecule has 0 fully saturated rings. The average molecular weight is 411 g/mol. The summed E-state index contributed by atoms with van der Waals surface area (Å²) in [6.45, 7) is 0. The van der Waals surface area contributed by atoms with E-state index in [1.807, 2.05) is 12.1 Å². The number of hydrogen-bond acceptors (Lipinski definition) is 2. The number of fused-ring (bicyclic) bond motifs is 1. The molecule has 0 saturated heterocycles. The quantitative estimate of drug-likeness (QED) is 0.660. The molecule has 16 heavy (non-hydrogen) atoms. The molecule has 2 rings (SSSR count). The minimum atomic E-state index is -0.439. The number of hydrogen-bond donors (Lipinski definition) is 0. The molecule has 1 aromatic heterocycles. The van der Waals surface area contributed by atoms with Gasteiger partial charge in [0.25, 0.3) is 0 Å². The molecular weight excluding hydrogens is 404 g/mol. The summed E-state index contributed by atoms with van der Waals surface area (Å²) in [4.78, 5) is 11.8. The summed E-state index contributed by atoms with van der Waals surface area (Å²) in [6.07, 6.45) is 0.521. The van der Waals surface area contributed by atoms with E-state index in [9.17, 15) is 4.79 Å². The van der Waals surface area contributed by atoms with Crippen LogP contribution in [0.15, 0.2) is 39.5 Å². The van der Waals surface area contributed by atoms with E-state index in [2.05, 4.69) is 47.8 Å². The third-order valence-corrected chi connectivity index (χ3v) is 2.90. The predicted octanol–water partition coefficient (Wildman–Crippen LogP) is 4.17. The molecule has 0 atom stereocenters. The molecule has 2 aromatic rings. The minimum Gasteiger partial charge on any atom is -0.461 e. The van der Waals surface area contributed by atoms with Gasteiger partial charge in [0.1, 0.15) is 13.5 Å². The molecule has 0 amide bonds. The first kappa shape index (κ1) is 12.3. The summed E-state index contributed by atoms with van der Waals surface area (Å²) in [5.41, 5.74) is 0.593. The van der Waals surface area contributed by atoms with Gasteiger partial charge in [-0.1, -0.05) is 59.9 Å². The lowest BCUT2D eigenvalue weighted by molar-refractivity contribution is 0.541. The number of benzene rings is 1. The van der Waals surface area contributed by atoms with Gasteiger partial charge in [-0.25, -0.2) is 0 Å². The van der Waals surface area contributed by atoms with Gasteiger partial charge < -0.3 is 4.42 Å². The Morgan fingerprint density at radius 2 is 1.88 bits per heavy atom. The van der Waals surface area contributed by atoms with Gasteiger partial charge in [0.15, 0.2) is 5.43 Å². The fourth-order valence-corrected chi connectivity index (χ4v) is 2.27. The predicted molar refractivity (Wildman–Crippen MR) is 75.7 cm³/mol. The van der Waals surface area contributed by atoms with Crippen LogP contribution in [-0.4, -0.2) is 2.14 Å². The van der Waals surface area contributed by atoms with Crippen LogP contribution in [0.3, 0.4) is 0 Å². The van der Waals surface area contributed by atoms with Crippen molar-refractivity contribution in [3.8, 4) is 0 Å². The van der Waals surface area contributed by atoms with E-state index in [1.54, 1.807) is 12.1 Å². The largest absolute Gasteiger partial charge is 0.461 e. The smallest absolute Gasteiger partial charge is 0.192 e. The van der Waals surface area contributed by atoms with Crippen molar-refractivity contribution in [2.75, 3.05) is 0 Å². The second-order valence-corrected chi connectivity index (χ2v) is 10.6. The molecule has 0 unspecified atom stereocenters. The zero-order chi connectivity index (χ0) is 11.8. The van der Waals surface area contributed by atoms with Crippen LogP contribution in [0, 0.1) is 0 Å². The first-order chi connectivity index (χ1) is 7.46. The van der Waals surface area contributed by atoms with Crippen molar-refractivity contribution >= 4 is 58.8 Å². The second-order valence-electron chi connectivity index (χ2n) is 3.37. The lowest BCUT2D eigenvalue weighted by Crippen LogP contribution is -2.08. The molecule has 0 radical (unpaired) electrons. The molecule has 0 aliphatic rings. The monoisotopic (exact) mass is 408 g/mol. The summed E-state index contributed by atoms with van der Waals surface area (Å²) in [6, 6.07) is 8.73. The Bertz CT molecular complexity index is 569. The zero-order valence-electron chi connectivity index (χ0n) is 8.04. The third kappa shape index (κ3) is 2.96. The maximum absolute atomic E-state index is 11.8. The first-order valence-electron chi connectivity index (χ1n) is 4.54. The van der Waals surface area contributed by atoms with Gasteiger partial charge in [0.05, 0.1) is 5.39 Å². The van der Waals surface area contributed by atoms with Crippen LogP contribution >= 0.6 is 47.8 Å². The lowest BCUT2D eigenvalue weighted by atomic mass is 10.2. The van der Waals surface area contributed by atoms with Gasteiger partial charge in [0, 0.05) is 12.5 Å². The molecule has 0 spiro atoms. The van der Waals surface area contributed by atoms with Crippen LogP contribution in [0.1, 0.15) is 5.76 Å². The van der Waals surface area contributed by atoms with E-state index in [1.165, 1.54) is 6.07 Å². The highest BCUT2D eigenvalue weighted by Gasteiger charge is 2.20. The van der Waals surface area contributed by atoms with E-state index in [-0.39, 0.29) is 5.43 Å². The van der Waals surface area contributed by atoms with Gasteiger partial charge in [-0.05, 0) is 12.1 Å². The normalized spacial score (nSPS) is 11.9. The molecule has 84 valence electrons. The molecule has 5 heteroatoms. The highest BCUT2D eigenvalue weighted by molar-refractivity contribution is 9.39. The summed E-state index contributed by atoms with van der Waals surface area (Å²) in [5, 5.41) is 0.607. The Kier molecular flexibility index (Phi) is 3.56. The summed E-state index contributed by atoms with van der Waals surface area (Å²) in [5.74, 6) is 0.620. The first-order valence-corrected chi connectivity index (χ1v) is 6.92. The number of alkyl halides is 3. The molecule has 0 bridgehead atoms. The lowest BCUT2D eigenvalue weighted by Gasteiger charge is -2.10. The maximum atomic E-state index is 11.8. The van der Waals surface area contributed by atoms with Crippen molar-refractivity contribution in [1.29, 1.82) is 0 Å². The van der Waals surface area contributed by atoms with Crippen LogP contribution < -0.4 is 5.43 Å². The molecule has 0 N–H and O–H groups in total. The van der Waals surface area contributed by atoms with Gasteiger partial charge >= 0.3 is 0 Å². The standard InChI is InChI=1S/C11H7Br3O2/c12-11(13,14)6-7-5-9(15)8-3-1-2-4-10(8)16-7/h1-5H,6H2. The van der Waals surface area contributed by atoms with Crippen molar-refractivity contribution in [3.05, 3.63) is 46.3 Å². The van der Waals surface area contributed by atoms with Crippen LogP contribution in [0.5, 0.6) is 0 Å². The Balaban J connectivity index is 2.54. The SMILES string of the molecule is O=c1cc(CC(Br)(Br)Br)oc2ccccc12. The molecule has 1 heterocycles. The number of para-hydroxylation sites is 1. The topological polar surface area (TPSA) is 30.2 Å².